The summed E-state index contributed by atoms with van der Waals surface area (Å²) in [7, 11) is 1.38. The quantitative estimate of drug-likeness (QED) is 0.121. The summed E-state index contributed by atoms with van der Waals surface area (Å²) in [5.74, 6) is -0.0373. The summed E-state index contributed by atoms with van der Waals surface area (Å²) < 4.78 is 41.5. The smallest absolute Gasteiger partial charge is 0.325 e. The van der Waals surface area contributed by atoms with Gasteiger partial charge in [-0.05, 0) is 18.7 Å². The fourth-order valence-corrected chi connectivity index (χ4v) is 8.21. The number of H-pyrrole nitrogens is 1. The van der Waals surface area contributed by atoms with Crippen LogP contribution in [0.4, 0.5) is 16.2 Å². The number of aromatic amines is 1. The molecule has 6 heterocycles. The molecule has 0 amide bonds. The second-order valence-electron chi connectivity index (χ2n) is 10.3. The van der Waals surface area contributed by atoms with Crippen LogP contribution in [-0.2, 0) is 30.3 Å². The van der Waals surface area contributed by atoms with Crippen molar-refractivity contribution in [1.82, 2.24) is 39.0 Å². The normalized spacial score (nSPS) is 32.1. The Morgan fingerprint density at radius 2 is 1.93 bits per heavy atom. The van der Waals surface area contributed by atoms with Crippen LogP contribution in [0.2, 0.25) is 0 Å². The van der Waals surface area contributed by atoms with E-state index in [-0.39, 0.29) is 22.9 Å². The highest BCUT2D eigenvalue weighted by Gasteiger charge is 2.55. The Balaban J connectivity index is 1.23. The highest BCUT2D eigenvalue weighted by Crippen LogP contribution is 2.55. The largest absolute Gasteiger partial charge is 0.395 e. The van der Waals surface area contributed by atoms with E-state index in [1.54, 1.807) is 0 Å². The Morgan fingerprint density at radius 1 is 1.20 bits per heavy atom. The van der Waals surface area contributed by atoms with Gasteiger partial charge in [0.05, 0.1) is 31.1 Å². The van der Waals surface area contributed by atoms with Crippen LogP contribution >= 0.6 is 18.5 Å². The SMILES string of the molecule is CO[C@H]1[C@H](n2cnc3c(N)ncnc32)O[C@](C)(COP(O)(=S)O[C@@H]2[C@@H](F)[C@@H](CO)S[C@H]2n2cnc3c(=O)[nH]c(N)nc32)[C@H]1O. The number of thioether (sulfide) groups is 1. The van der Waals surface area contributed by atoms with Crippen molar-refractivity contribution in [1.29, 1.82) is 0 Å². The molecule has 1 unspecified atom stereocenters. The zero-order valence-corrected chi connectivity index (χ0v) is 25.5. The van der Waals surface area contributed by atoms with Crippen molar-refractivity contribution in [3.05, 3.63) is 29.3 Å². The number of rotatable bonds is 9. The molecule has 4 aromatic rings. The Hall–Kier alpha value is -2.85. The van der Waals surface area contributed by atoms with E-state index in [1.165, 1.54) is 42.1 Å². The summed E-state index contributed by atoms with van der Waals surface area (Å²) in [5, 5.41) is 19.0. The summed E-state index contributed by atoms with van der Waals surface area (Å²) in [5.41, 5.74) is 10.1. The number of aliphatic hydroxyl groups is 2. The van der Waals surface area contributed by atoms with Crippen LogP contribution in [0.1, 0.15) is 18.5 Å². The van der Waals surface area contributed by atoms with Gasteiger partial charge in [-0.25, -0.2) is 24.3 Å². The second kappa shape index (κ2) is 11.5. The molecule has 22 heteroatoms. The molecule has 238 valence electrons. The van der Waals surface area contributed by atoms with E-state index in [4.69, 9.17) is 41.8 Å². The van der Waals surface area contributed by atoms with E-state index in [2.05, 4.69) is 29.9 Å². The van der Waals surface area contributed by atoms with Gasteiger partial charge in [0, 0.05) is 7.11 Å². The number of ether oxygens (including phenoxy) is 2. The van der Waals surface area contributed by atoms with Gasteiger partial charge in [0.15, 0.2) is 28.9 Å². The third kappa shape index (κ3) is 5.25. The van der Waals surface area contributed by atoms with E-state index in [1.807, 2.05) is 0 Å². The van der Waals surface area contributed by atoms with Crippen LogP contribution in [0, 0.1) is 0 Å². The van der Waals surface area contributed by atoms with Crippen molar-refractivity contribution >= 4 is 64.4 Å². The minimum atomic E-state index is -4.25. The van der Waals surface area contributed by atoms with Crippen molar-refractivity contribution in [2.75, 3.05) is 31.8 Å². The predicted octanol–water partition coefficient (Wildman–Crippen LogP) is -0.650. The Kier molecular flexibility index (Phi) is 8.14. The average Bonchev–Trinajstić information content (AvgIpc) is 3.72. The number of nitrogens with zero attached hydrogens (tertiary/aromatic N) is 7. The van der Waals surface area contributed by atoms with Crippen LogP contribution in [0.25, 0.3) is 22.3 Å². The van der Waals surface area contributed by atoms with Crippen LogP contribution < -0.4 is 17.0 Å². The van der Waals surface area contributed by atoms with Crippen molar-refractivity contribution in [3.63, 3.8) is 0 Å². The number of aromatic nitrogens is 8. The predicted molar refractivity (Wildman–Crippen MR) is 157 cm³/mol. The van der Waals surface area contributed by atoms with E-state index in [9.17, 15) is 19.9 Å². The molecule has 8 N–H and O–H groups in total. The molecule has 0 aliphatic carbocycles. The van der Waals surface area contributed by atoms with Gasteiger partial charge in [-0.3, -0.25) is 23.4 Å². The van der Waals surface area contributed by atoms with Crippen molar-refractivity contribution in [3.8, 4) is 0 Å². The third-order valence-electron chi connectivity index (χ3n) is 7.48. The van der Waals surface area contributed by atoms with E-state index >= 15 is 4.39 Å². The molecule has 2 aliphatic rings. The molecule has 9 atom stereocenters. The maximum Gasteiger partial charge on any atom is 0.325 e. The first-order valence-corrected chi connectivity index (χ1v) is 16.5. The first-order valence-electron chi connectivity index (χ1n) is 13.0. The molecule has 2 saturated heterocycles. The molecule has 6 rings (SSSR count). The molecule has 4 aromatic heterocycles. The number of alkyl halides is 1. The molecule has 44 heavy (non-hydrogen) atoms. The molecule has 0 radical (unpaired) electrons. The summed E-state index contributed by atoms with van der Waals surface area (Å²) >= 11 is 6.22. The molecular formula is C22H28FN10O8PS2. The van der Waals surface area contributed by atoms with E-state index in [0.717, 1.165) is 11.8 Å². The second-order valence-corrected chi connectivity index (χ2v) is 14.5. The van der Waals surface area contributed by atoms with Crippen LogP contribution in [-0.4, -0.2) is 110 Å². The highest BCUT2D eigenvalue weighted by atomic mass is 32.5. The fourth-order valence-electron chi connectivity index (χ4n) is 5.25. The van der Waals surface area contributed by atoms with Gasteiger partial charge >= 0.3 is 6.72 Å². The lowest BCUT2D eigenvalue weighted by molar-refractivity contribution is -0.114. The first-order chi connectivity index (χ1) is 20.9. The van der Waals surface area contributed by atoms with Crippen molar-refractivity contribution < 1.29 is 38.0 Å². The Morgan fingerprint density at radius 3 is 2.66 bits per heavy atom. The lowest BCUT2D eigenvalue weighted by Crippen LogP contribution is -2.44. The molecule has 2 aliphatic heterocycles. The number of nitrogen functional groups attached to an aromatic ring is 2. The number of halogens is 1. The zero-order valence-electron chi connectivity index (χ0n) is 23.0. The molecule has 0 bridgehead atoms. The zero-order chi connectivity index (χ0) is 31.6. The monoisotopic (exact) mass is 674 g/mol. The minimum absolute atomic E-state index is 0.0426. The number of aliphatic hydroxyl groups excluding tert-OH is 2. The van der Waals surface area contributed by atoms with Gasteiger partial charge in [0.25, 0.3) is 5.56 Å². The van der Waals surface area contributed by atoms with E-state index in [0.29, 0.717) is 11.2 Å². The standard InChI is InChI=1S/C22H28FN10O8PS2/c1-22(14(35)13(38-2)19(40-22)32-6-28-10-15(24)26-5-27-16(10)32)4-39-42(37,43)41-12-9(23)8(3-34)44-20(12)33-7-29-11-17(33)30-21(25)31-18(11)36/h5-9,12-14,19-20,34-35H,3-4H2,1-2H3,(H,37,43)(H2,24,26,27)(H3,25,30,31,36)/t8-,9+,12-,13-,14+,19-,20-,22-,42?/m1/s1. The van der Waals surface area contributed by atoms with Crippen LogP contribution in [0.5, 0.6) is 0 Å². The number of imidazole rings is 2. The molecule has 18 nitrogen and oxygen atoms in total. The maximum atomic E-state index is 15.6. The van der Waals surface area contributed by atoms with Gasteiger partial charge in [-0.1, -0.05) is 0 Å². The highest BCUT2D eigenvalue weighted by molar-refractivity contribution is 8.07. The first kappa shape index (κ1) is 31.1. The number of fused-ring (bicyclic) bond motifs is 2. The van der Waals surface area contributed by atoms with Gasteiger partial charge in [0.2, 0.25) is 5.95 Å². The number of hydrogen-bond acceptors (Lipinski definition) is 16. The van der Waals surface area contributed by atoms with Gasteiger partial charge < -0.3 is 40.6 Å². The van der Waals surface area contributed by atoms with E-state index < -0.39 is 72.4 Å². The molecule has 0 aromatic carbocycles. The fraction of sp³-hybridized carbons (Fsp3) is 0.545. The molecule has 2 fully saturated rings. The summed E-state index contributed by atoms with van der Waals surface area (Å²) in [6, 6.07) is 0. The lowest BCUT2D eigenvalue weighted by atomic mass is 9.98. The molecule has 0 saturated carbocycles. The third-order valence-corrected chi connectivity index (χ3v) is 10.6. The topological polar surface area (TPSA) is 257 Å². The lowest BCUT2D eigenvalue weighted by Gasteiger charge is -2.31. The molecular weight excluding hydrogens is 646 g/mol. The average molecular weight is 675 g/mol. The van der Waals surface area contributed by atoms with Crippen LogP contribution in [0.15, 0.2) is 23.8 Å². The number of hydrogen-bond donors (Lipinski definition) is 6. The van der Waals surface area contributed by atoms with Crippen molar-refractivity contribution in [2.45, 2.75) is 53.9 Å². The Labute approximate surface area is 256 Å². The van der Waals surface area contributed by atoms with Crippen molar-refractivity contribution in [2.24, 2.45) is 0 Å². The van der Waals surface area contributed by atoms with Gasteiger partial charge in [-0.2, -0.15) is 4.98 Å². The minimum Gasteiger partial charge on any atom is -0.395 e. The summed E-state index contributed by atoms with van der Waals surface area (Å²) in [6.45, 7) is -3.78. The number of nitrogens with one attached hydrogen (secondary N) is 1. The van der Waals surface area contributed by atoms with Gasteiger partial charge in [0.1, 0.15) is 47.3 Å². The summed E-state index contributed by atoms with van der Waals surface area (Å²) in [6.07, 6.45) is -2.55. The molecule has 0 spiro atoms. The Bertz CT molecular complexity index is 1810. The summed E-state index contributed by atoms with van der Waals surface area (Å²) in [4.78, 5) is 46.2. The number of anilines is 2. The maximum absolute atomic E-state index is 15.6. The number of nitrogens with two attached hydrogens (primary N) is 2. The number of methoxy groups -OCH3 is 1. The van der Waals surface area contributed by atoms with Crippen LogP contribution in [0.3, 0.4) is 0 Å². The van der Waals surface area contributed by atoms with Gasteiger partial charge in [-0.15, -0.1) is 11.8 Å².